The van der Waals surface area contributed by atoms with E-state index in [0.29, 0.717) is 28.4 Å². The third kappa shape index (κ3) is 4.97. The van der Waals surface area contributed by atoms with Crippen molar-refractivity contribution < 1.29 is 4.79 Å². The molecule has 0 fully saturated rings. The number of carbonyl (C=O) groups is 1. The Labute approximate surface area is 177 Å². The van der Waals surface area contributed by atoms with Gasteiger partial charge in [-0.05, 0) is 60.7 Å². The molecule has 2 N–H and O–H groups in total. The second-order valence-corrected chi connectivity index (χ2v) is 7.60. The maximum Gasteiger partial charge on any atom is 0.220 e. The van der Waals surface area contributed by atoms with Crippen molar-refractivity contribution in [3.8, 4) is 0 Å². The van der Waals surface area contributed by atoms with Crippen LogP contribution in [-0.2, 0) is 11.2 Å². The van der Waals surface area contributed by atoms with Crippen LogP contribution in [0.5, 0.6) is 0 Å². The van der Waals surface area contributed by atoms with E-state index >= 15 is 0 Å². The van der Waals surface area contributed by atoms with Gasteiger partial charge in [0.25, 0.3) is 0 Å². The van der Waals surface area contributed by atoms with E-state index in [1.54, 1.807) is 7.05 Å². The van der Waals surface area contributed by atoms with Crippen LogP contribution in [0, 0.1) is 0 Å². The zero-order valence-corrected chi connectivity index (χ0v) is 17.8. The van der Waals surface area contributed by atoms with E-state index in [4.69, 9.17) is 23.2 Å². The number of aryl methyl sites for hydroxylation is 1. The molecule has 0 aromatic heterocycles. The van der Waals surface area contributed by atoms with E-state index in [0.717, 1.165) is 19.3 Å². The number of hydrogen-bond acceptors (Lipinski definition) is 2. The molecule has 6 heteroatoms. The fourth-order valence-corrected chi connectivity index (χ4v) is 4.11. The van der Waals surface area contributed by atoms with Gasteiger partial charge < -0.3 is 10.6 Å². The molecule has 0 heterocycles. The van der Waals surface area contributed by atoms with Crippen molar-refractivity contribution in [1.29, 1.82) is 0 Å². The van der Waals surface area contributed by atoms with Gasteiger partial charge in [0.2, 0.25) is 5.91 Å². The lowest BCUT2D eigenvalue weighted by atomic mass is 9.76. The number of rotatable bonds is 5. The van der Waals surface area contributed by atoms with Crippen molar-refractivity contribution in [3.05, 3.63) is 68.7 Å². The Bertz CT molecular complexity index is 810. The van der Waals surface area contributed by atoms with Gasteiger partial charge in [0.05, 0.1) is 10.0 Å². The molecule has 1 aliphatic carbocycles. The van der Waals surface area contributed by atoms with E-state index < -0.39 is 0 Å². The fraction of sp³-hybridized carbons (Fsp3) is 0.381. The monoisotopic (exact) mass is 426 g/mol. The van der Waals surface area contributed by atoms with Gasteiger partial charge in [-0.3, -0.25) is 4.79 Å². The lowest BCUT2D eigenvalue weighted by Gasteiger charge is -2.32. The van der Waals surface area contributed by atoms with Gasteiger partial charge in [-0.2, -0.15) is 0 Å². The maximum atomic E-state index is 11.5. The molecule has 0 spiro atoms. The van der Waals surface area contributed by atoms with E-state index in [1.807, 2.05) is 19.2 Å². The first kappa shape index (κ1) is 22.0. The predicted octanol–water partition coefficient (Wildman–Crippen LogP) is 5.28. The molecule has 3 nitrogen and oxygen atoms in total. The van der Waals surface area contributed by atoms with E-state index in [2.05, 4.69) is 34.9 Å². The van der Waals surface area contributed by atoms with Crippen molar-refractivity contribution in [1.82, 2.24) is 10.6 Å². The molecule has 0 saturated carbocycles. The average molecular weight is 428 g/mol. The predicted molar refractivity (Wildman–Crippen MR) is 115 cm³/mol. The highest BCUT2D eigenvalue weighted by Gasteiger charge is 2.28. The number of fused-ring (bicyclic) bond motifs is 1. The Morgan fingerprint density at radius 3 is 2.48 bits per heavy atom. The Morgan fingerprint density at radius 2 is 1.81 bits per heavy atom. The minimum atomic E-state index is 0. The molecule has 0 bridgehead atoms. The summed E-state index contributed by atoms with van der Waals surface area (Å²) < 4.78 is 0. The standard InChI is InChI=1S/C21H24Cl2N2O.ClH/c1-24-20-9-7-15(14-5-8-18(22)19(23)12-14)16-6-3-13(11-17(16)20)4-10-21(26)25-2;/h3,5-6,8,11-12,15,20,24H,4,7,9-10H2,1-2H3,(H,25,26);1H/t15?,20-;/m0./s1. The Hall–Kier alpha value is -1.26. The van der Waals surface area contributed by atoms with Gasteiger partial charge >= 0.3 is 0 Å². The smallest absolute Gasteiger partial charge is 0.220 e. The van der Waals surface area contributed by atoms with Gasteiger partial charge in [0.15, 0.2) is 0 Å². The molecule has 1 unspecified atom stereocenters. The van der Waals surface area contributed by atoms with Crippen LogP contribution in [0.4, 0.5) is 0 Å². The van der Waals surface area contributed by atoms with Crippen molar-refractivity contribution in [3.63, 3.8) is 0 Å². The normalized spacial score (nSPS) is 18.4. The third-order valence-electron chi connectivity index (χ3n) is 5.26. The number of nitrogens with one attached hydrogen (secondary N) is 2. The van der Waals surface area contributed by atoms with Crippen molar-refractivity contribution in [2.75, 3.05) is 14.1 Å². The van der Waals surface area contributed by atoms with Crippen molar-refractivity contribution in [2.45, 2.75) is 37.6 Å². The first-order valence-corrected chi connectivity index (χ1v) is 9.74. The largest absolute Gasteiger partial charge is 0.359 e. The number of amides is 1. The highest BCUT2D eigenvalue weighted by Crippen LogP contribution is 2.42. The SMILES string of the molecule is CNC(=O)CCc1ccc2c(c1)[C@@H](NC)CCC2c1ccc(Cl)c(Cl)c1.Cl. The van der Waals surface area contributed by atoms with E-state index in [1.165, 1.54) is 22.3 Å². The minimum Gasteiger partial charge on any atom is -0.359 e. The Balaban J connectivity index is 0.00000261. The maximum absolute atomic E-state index is 11.5. The zero-order chi connectivity index (χ0) is 18.7. The van der Waals surface area contributed by atoms with Gasteiger partial charge in [0, 0.05) is 25.4 Å². The van der Waals surface area contributed by atoms with Crippen molar-refractivity contribution >= 4 is 41.5 Å². The quantitative estimate of drug-likeness (QED) is 0.681. The summed E-state index contributed by atoms with van der Waals surface area (Å²) in [7, 11) is 3.68. The molecule has 3 rings (SSSR count). The molecule has 2 aromatic rings. The van der Waals surface area contributed by atoms with Crippen LogP contribution in [0.3, 0.4) is 0 Å². The molecule has 0 aliphatic heterocycles. The average Bonchev–Trinajstić information content (AvgIpc) is 2.67. The second-order valence-electron chi connectivity index (χ2n) is 6.78. The number of halogens is 3. The van der Waals surface area contributed by atoms with Crippen LogP contribution in [0.2, 0.25) is 10.0 Å². The molecule has 27 heavy (non-hydrogen) atoms. The molecule has 2 aromatic carbocycles. The number of hydrogen-bond donors (Lipinski definition) is 2. The zero-order valence-electron chi connectivity index (χ0n) is 15.5. The molecule has 146 valence electrons. The van der Waals surface area contributed by atoms with Crippen LogP contribution in [0.25, 0.3) is 0 Å². The molecular weight excluding hydrogens is 403 g/mol. The van der Waals surface area contributed by atoms with Crippen LogP contribution in [-0.4, -0.2) is 20.0 Å². The molecular formula is C21H25Cl3N2O. The number of carbonyl (C=O) groups excluding carboxylic acids is 1. The van der Waals surface area contributed by atoms with E-state index in [9.17, 15) is 4.79 Å². The fourth-order valence-electron chi connectivity index (χ4n) is 3.80. The highest BCUT2D eigenvalue weighted by molar-refractivity contribution is 6.42. The second kappa shape index (κ2) is 9.79. The van der Waals surface area contributed by atoms with Crippen molar-refractivity contribution in [2.24, 2.45) is 0 Å². The van der Waals surface area contributed by atoms with Gasteiger partial charge in [0.1, 0.15) is 0 Å². The molecule has 0 radical (unpaired) electrons. The van der Waals surface area contributed by atoms with Crippen LogP contribution in [0.1, 0.15) is 53.5 Å². The summed E-state index contributed by atoms with van der Waals surface area (Å²) in [5, 5.41) is 7.30. The summed E-state index contributed by atoms with van der Waals surface area (Å²) in [6.07, 6.45) is 3.39. The summed E-state index contributed by atoms with van der Waals surface area (Å²) in [5.74, 6) is 0.388. The van der Waals surface area contributed by atoms with Gasteiger partial charge in [-0.15, -0.1) is 12.4 Å². The van der Waals surface area contributed by atoms with Gasteiger partial charge in [-0.1, -0.05) is 47.5 Å². The molecule has 1 aliphatic rings. The first-order valence-electron chi connectivity index (χ1n) is 8.99. The third-order valence-corrected chi connectivity index (χ3v) is 6.00. The molecule has 2 atom stereocenters. The molecule has 1 amide bonds. The van der Waals surface area contributed by atoms with E-state index in [-0.39, 0.29) is 18.3 Å². The first-order chi connectivity index (χ1) is 12.5. The minimum absolute atomic E-state index is 0. The summed E-state index contributed by atoms with van der Waals surface area (Å²) in [5.41, 5.74) is 5.05. The lowest BCUT2D eigenvalue weighted by molar-refractivity contribution is -0.120. The summed E-state index contributed by atoms with van der Waals surface area (Å²) >= 11 is 12.3. The summed E-state index contributed by atoms with van der Waals surface area (Å²) in [6, 6.07) is 12.9. The van der Waals surface area contributed by atoms with Gasteiger partial charge in [-0.25, -0.2) is 0 Å². The topological polar surface area (TPSA) is 41.1 Å². The Kier molecular flexibility index (Phi) is 7.99. The Morgan fingerprint density at radius 1 is 1.04 bits per heavy atom. The van der Waals surface area contributed by atoms with Crippen LogP contribution >= 0.6 is 35.6 Å². The lowest BCUT2D eigenvalue weighted by Crippen LogP contribution is -2.24. The summed E-state index contributed by atoms with van der Waals surface area (Å²) in [4.78, 5) is 11.5. The summed E-state index contributed by atoms with van der Waals surface area (Å²) in [6.45, 7) is 0. The highest BCUT2D eigenvalue weighted by atomic mass is 35.5. The molecule has 0 saturated heterocycles. The van der Waals surface area contributed by atoms with Crippen LogP contribution < -0.4 is 10.6 Å². The van der Waals surface area contributed by atoms with Crippen LogP contribution in [0.15, 0.2) is 36.4 Å². The number of benzene rings is 2.